The van der Waals surface area contributed by atoms with Crippen molar-refractivity contribution in [1.29, 1.82) is 0 Å². The second kappa shape index (κ2) is 6.52. The number of amides is 1. The van der Waals surface area contributed by atoms with Gasteiger partial charge in [0.25, 0.3) is 5.91 Å². The van der Waals surface area contributed by atoms with Crippen molar-refractivity contribution < 1.29 is 13.9 Å². The smallest absolute Gasteiger partial charge is 0.255 e. The molecule has 0 fully saturated rings. The summed E-state index contributed by atoms with van der Waals surface area (Å²) in [5, 5.41) is 4.88. The first-order valence-corrected chi connectivity index (χ1v) is 7.22. The number of hydrogen-bond acceptors (Lipinski definition) is 3. The Hall–Kier alpha value is -1.88. The minimum Gasteiger partial charge on any atom is -0.493 e. The third-order valence-electron chi connectivity index (χ3n) is 3.02. The average Bonchev–Trinajstić information content (AvgIpc) is 2.98. The molecular formula is C15H16FNO2S. The Morgan fingerprint density at radius 2 is 2.20 bits per heavy atom. The van der Waals surface area contributed by atoms with E-state index in [0.717, 1.165) is 11.3 Å². The van der Waals surface area contributed by atoms with E-state index >= 15 is 0 Å². The van der Waals surface area contributed by atoms with Crippen molar-refractivity contribution in [2.45, 2.75) is 19.4 Å². The Morgan fingerprint density at radius 3 is 2.80 bits per heavy atom. The van der Waals surface area contributed by atoms with E-state index in [1.54, 1.807) is 17.4 Å². The van der Waals surface area contributed by atoms with E-state index < -0.39 is 5.82 Å². The summed E-state index contributed by atoms with van der Waals surface area (Å²) in [6, 6.07) is 8.17. The lowest BCUT2D eigenvalue weighted by atomic mass is 10.1. The highest BCUT2D eigenvalue weighted by molar-refractivity contribution is 7.10. The SMILES string of the molecule is CCC(NC(=O)c1cccc(F)c1OC)c1cccs1. The van der Waals surface area contributed by atoms with Crippen LogP contribution in [0.5, 0.6) is 5.75 Å². The standard InChI is InChI=1S/C15H16FNO2S/c1-3-12(13-8-5-9-20-13)17-15(18)10-6-4-7-11(16)14(10)19-2/h4-9,12H,3H2,1-2H3,(H,17,18). The van der Waals surface area contributed by atoms with Crippen molar-refractivity contribution in [1.82, 2.24) is 5.32 Å². The summed E-state index contributed by atoms with van der Waals surface area (Å²) in [6.45, 7) is 1.99. The van der Waals surface area contributed by atoms with Crippen LogP contribution in [-0.2, 0) is 0 Å². The van der Waals surface area contributed by atoms with Crippen LogP contribution >= 0.6 is 11.3 Å². The van der Waals surface area contributed by atoms with E-state index in [4.69, 9.17) is 4.74 Å². The molecule has 1 N–H and O–H groups in total. The average molecular weight is 293 g/mol. The molecule has 1 aromatic carbocycles. The zero-order chi connectivity index (χ0) is 14.5. The van der Waals surface area contributed by atoms with Crippen LogP contribution in [0.4, 0.5) is 4.39 Å². The number of ether oxygens (including phenoxy) is 1. The van der Waals surface area contributed by atoms with Gasteiger partial charge >= 0.3 is 0 Å². The van der Waals surface area contributed by atoms with Crippen LogP contribution in [0.1, 0.15) is 34.6 Å². The lowest BCUT2D eigenvalue weighted by Crippen LogP contribution is -2.28. The highest BCUT2D eigenvalue weighted by Gasteiger charge is 2.19. The molecule has 2 rings (SSSR count). The van der Waals surface area contributed by atoms with E-state index in [2.05, 4.69) is 5.32 Å². The zero-order valence-corrected chi connectivity index (χ0v) is 12.2. The number of para-hydroxylation sites is 1. The van der Waals surface area contributed by atoms with Gasteiger partial charge in [0.1, 0.15) is 0 Å². The molecule has 1 aromatic heterocycles. The number of methoxy groups -OCH3 is 1. The van der Waals surface area contributed by atoms with Gasteiger partial charge in [0.05, 0.1) is 18.7 Å². The van der Waals surface area contributed by atoms with Gasteiger partial charge in [-0.05, 0) is 30.0 Å². The summed E-state index contributed by atoms with van der Waals surface area (Å²) in [6.07, 6.45) is 0.768. The molecule has 0 aliphatic carbocycles. The van der Waals surface area contributed by atoms with Crippen LogP contribution in [0.15, 0.2) is 35.7 Å². The van der Waals surface area contributed by atoms with Crippen LogP contribution in [0.25, 0.3) is 0 Å². The molecule has 0 saturated carbocycles. The molecule has 0 radical (unpaired) electrons. The third-order valence-corrected chi connectivity index (χ3v) is 4.00. The molecule has 1 unspecified atom stereocenters. The molecule has 20 heavy (non-hydrogen) atoms. The molecule has 106 valence electrons. The van der Waals surface area contributed by atoms with Crippen molar-refractivity contribution in [3.8, 4) is 5.75 Å². The molecule has 0 spiro atoms. The predicted molar refractivity (Wildman–Crippen MR) is 77.8 cm³/mol. The van der Waals surface area contributed by atoms with Crippen molar-refractivity contribution in [2.24, 2.45) is 0 Å². The van der Waals surface area contributed by atoms with E-state index in [1.807, 2.05) is 24.4 Å². The number of carbonyl (C=O) groups is 1. The van der Waals surface area contributed by atoms with Crippen molar-refractivity contribution in [2.75, 3.05) is 7.11 Å². The third kappa shape index (κ3) is 2.99. The number of benzene rings is 1. The van der Waals surface area contributed by atoms with Gasteiger partial charge in [-0.15, -0.1) is 11.3 Å². The van der Waals surface area contributed by atoms with Crippen molar-refractivity contribution in [3.63, 3.8) is 0 Å². The number of halogens is 1. The maximum absolute atomic E-state index is 13.6. The van der Waals surface area contributed by atoms with Gasteiger partial charge in [0.2, 0.25) is 0 Å². The molecule has 0 bridgehead atoms. The molecule has 0 aliphatic rings. The van der Waals surface area contributed by atoms with Gasteiger partial charge in [0.15, 0.2) is 11.6 Å². The summed E-state index contributed by atoms with van der Waals surface area (Å²) in [7, 11) is 1.35. The largest absolute Gasteiger partial charge is 0.493 e. The highest BCUT2D eigenvalue weighted by atomic mass is 32.1. The Morgan fingerprint density at radius 1 is 1.40 bits per heavy atom. The molecule has 1 heterocycles. The molecule has 2 aromatic rings. The van der Waals surface area contributed by atoms with Gasteiger partial charge in [-0.1, -0.05) is 19.1 Å². The van der Waals surface area contributed by atoms with E-state index in [-0.39, 0.29) is 23.3 Å². The Kier molecular flexibility index (Phi) is 4.74. The fourth-order valence-electron chi connectivity index (χ4n) is 2.00. The Balaban J connectivity index is 2.22. The van der Waals surface area contributed by atoms with Crippen molar-refractivity contribution in [3.05, 3.63) is 52.0 Å². The summed E-state index contributed by atoms with van der Waals surface area (Å²) < 4.78 is 18.6. The van der Waals surface area contributed by atoms with Crippen LogP contribution in [0, 0.1) is 5.82 Å². The maximum Gasteiger partial charge on any atom is 0.255 e. The summed E-state index contributed by atoms with van der Waals surface area (Å²) >= 11 is 1.59. The molecule has 5 heteroatoms. The van der Waals surface area contributed by atoms with Gasteiger partial charge < -0.3 is 10.1 Å². The topological polar surface area (TPSA) is 38.3 Å². The number of thiophene rings is 1. The van der Waals surface area contributed by atoms with Gasteiger partial charge in [0, 0.05) is 4.88 Å². The summed E-state index contributed by atoms with van der Waals surface area (Å²) in [5.74, 6) is -0.892. The zero-order valence-electron chi connectivity index (χ0n) is 11.4. The first-order valence-electron chi connectivity index (χ1n) is 6.34. The molecule has 1 amide bonds. The Bertz CT molecular complexity index is 584. The first kappa shape index (κ1) is 14.5. The quantitative estimate of drug-likeness (QED) is 0.911. The fourth-order valence-corrected chi connectivity index (χ4v) is 2.86. The first-order chi connectivity index (χ1) is 9.67. The van der Waals surface area contributed by atoms with E-state index in [1.165, 1.54) is 19.2 Å². The van der Waals surface area contributed by atoms with E-state index in [9.17, 15) is 9.18 Å². The van der Waals surface area contributed by atoms with E-state index in [0.29, 0.717) is 0 Å². The second-order valence-electron chi connectivity index (χ2n) is 4.27. The normalized spacial score (nSPS) is 11.9. The molecule has 0 saturated heterocycles. The number of carbonyl (C=O) groups excluding carboxylic acids is 1. The fraction of sp³-hybridized carbons (Fsp3) is 0.267. The molecule has 0 aliphatic heterocycles. The monoisotopic (exact) mass is 293 g/mol. The van der Waals surface area contributed by atoms with Crippen molar-refractivity contribution >= 4 is 17.2 Å². The molecular weight excluding hydrogens is 277 g/mol. The lowest BCUT2D eigenvalue weighted by Gasteiger charge is -2.16. The second-order valence-corrected chi connectivity index (χ2v) is 5.25. The summed E-state index contributed by atoms with van der Waals surface area (Å²) in [4.78, 5) is 13.4. The molecule has 3 nitrogen and oxygen atoms in total. The minimum absolute atomic E-state index is 0.0222. The minimum atomic E-state index is -0.538. The van der Waals surface area contributed by atoms with Crippen LogP contribution in [-0.4, -0.2) is 13.0 Å². The maximum atomic E-state index is 13.6. The number of rotatable bonds is 5. The lowest BCUT2D eigenvalue weighted by molar-refractivity contribution is 0.0932. The van der Waals surface area contributed by atoms with Crippen LogP contribution in [0.3, 0.4) is 0 Å². The van der Waals surface area contributed by atoms with Gasteiger partial charge in [-0.3, -0.25) is 4.79 Å². The van der Waals surface area contributed by atoms with Gasteiger partial charge in [-0.25, -0.2) is 4.39 Å². The van der Waals surface area contributed by atoms with Crippen LogP contribution < -0.4 is 10.1 Å². The van der Waals surface area contributed by atoms with Gasteiger partial charge in [-0.2, -0.15) is 0 Å². The highest BCUT2D eigenvalue weighted by Crippen LogP contribution is 2.25. The predicted octanol–water partition coefficient (Wildman–Crippen LogP) is 3.78. The Labute approximate surface area is 121 Å². The van der Waals surface area contributed by atoms with Crippen LogP contribution in [0.2, 0.25) is 0 Å². The number of nitrogens with one attached hydrogen (secondary N) is 1. The molecule has 1 atom stereocenters. The number of hydrogen-bond donors (Lipinski definition) is 1. The summed E-state index contributed by atoms with van der Waals surface area (Å²) in [5.41, 5.74) is 0.211.